The van der Waals surface area contributed by atoms with Crippen molar-refractivity contribution in [3.8, 4) is 0 Å². The second-order valence-corrected chi connectivity index (χ2v) is 4.88. The van der Waals surface area contributed by atoms with Gasteiger partial charge in [-0.3, -0.25) is 4.79 Å². The molecule has 0 atom stereocenters. The van der Waals surface area contributed by atoms with E-state index in [1.165, 1.54) is 0 Å². The Hall–Kier alpha value is -0.910. The molecule has 0 unspecified atom stereocenters. The molecule has 0 aliphatic rings. The molecule has 1 heterocycles. The molecule has 0 bridgehead atoms. The van der Waals surface area contributed by atoms with Crippen molar-refractivity contribution >= 4 is 17.2 Å². The first kappa shape index (κ1) is 13.2. The Morgan fingerprint density at radius 3 is 2.81 bits per heavy atom. The highest BCUT2D eigenvalue weighted by molar-refractivity contribution is 7.12. The van der Waals surface area contributed by atoms with Crippen LogP contribution in [0.15, 0.2) is 6.07 Å². The van der Waals surface area contributed by atoms with Crippen LogP contribution in [-0.4, -0.2) is 37.4 Å². The largest absolute Gasteiger partial charge is 0.394 e. The number of amides is 1. The number of hydrogen-bond donors (Lipinski definition) is 2. The van der Waals surface area contributed by atoms with Gasteiger partial charge >= 0.3 is 0 Å². The number of nitrogens with one attached hydrogen (secondary N) is 1. The lowest BCUT2D eigenvalue weighted by molar-refractivity contribution is 0.0838. The van der Waals surface area contributed by atoms with Crippen molar-refractivity contribution in [1.29, 1.82) is 0 Å². The summed E-state index contributed by atoms with van der Waals surface area (Å²) in [5.74, 6) is -0.0607. The highest BCUT2D eigenvalue weighted by atomic mass is 32.1. The van der Waals surface area contributed by atoms with E-state index in [9.17, 15) is 4.79 Å². The van der Waals surface area contributed by atoms with Crippen LogP contribution >= 0.6 is 11.3 Å². The lowest BCUT2D eigenvalue weighted by Crippen LogP contribution is -2.27. The fraction of sp³-hybridized carbons (Fsp3) is 0.545. The molecule has 0 saturated heterocycles. The SMILES string of the molecule is Cc1cc(C(=O)NCCOCCO)c(C)s1. The summed E-state index contributed by atoms with van der Waals surface area (Å²) >= 11 is 1.62. The third-order valence-electron chi connectivity index (χ3n) is 2.05. The van der Waals surface area contributed by atoms with Crippen LogP contribution in [0.1, 0.15) is 20.1 Å². The average Bonchev–Trinajstić information content (AvgIpc) is 2.57. The van der Waals surface area contributed by atoms with Crippen LogP contribution in [0.25, 0.3) is 0 Å². The van der Waals surface area contributed by atoms with Gasteiger partial charge in [-0.15, -0.1) is 11.3 Å². The minimum atomic E-state index is -0.0607. The summed E-state index contributed by atoms with van der Waals surface area (Å²) in [6.45, 7) is 5.14. The Morgan fingerprint density at radius 1 is 1.50 bits per heavy atom. The van der Waals surface area contributed by atoms with Gasteiger partial charge in [0.1, 0.15) is 0 Å². The van der Waals surface area contributed by atoms with Crippen molar-refractivity contribution in [1.82, 2.24) is 5.32 Å². The van der Waals surface area contributed by atoms with E-state index in [1.807, 2.05) is 19.9 Å². The molecule has 16 heavy (non-hydrogen) atoms. The van der Waals surface area contributed by atoms with Crippen LogP contribution < -0.4 is 5.32 Å². The van der Waals surface area contributed by atoms with Crippen molar-refractivity contribution in [2.75, 3.05) is 26.4 Å². The van der Waals surface area contributed by atoms with Gasteiger partial charge in [0.05, 0.1) is 25.4 Å². The number of carbonyl (C=O) groups excluding carboxylic acids is 1. The Labute approximate surface area is 99.2 Å². The highest BCUT2D eigenvalue weighted by Gasteiger charge is 2.10. The molecule has 0 spiro atoms. The highest BCUT2D eigenvalue weighted by Crippen LogP contribution is 2.20. The summed E-state index contributed by atoms with van der Waals surface area (Å²) in [7, 11) is 0. The van der Waals surface area contributed by atoms with Crippen molar-refractivity contribution < 1.29 is 14.6 Å². The average molecular weight is 243 g/mol. The smallest absolute Gasteiger partial charge is 0.252 e. The first-order valence-corrected chi connectivity index (χ1v) is 6.00. The number of thiophene rings is 1. The van der Waals surface area contributed by atoms with Gasteiger partial charge < -0.3 is 15.2 Å². The number of carbonyl (C=O) groups is 1. The molecule has 0 saturated carbocycles. The van der Waals surface area contributed by atoms with Crippen LogP contribution in [0.4, 0.5) is 0 Å². The van der Waals surface area contributed by atoms with Crippen LogP contribution in [-0.2, 0) is 4.74 Å². The minimum Gasteiger partial charge on any atom is -0.394 e. The van der Waals surface area contributed by atoms with E-state index in [-0.39, 0.29) is 12.5 Å². The summed E-state index contributed by atoms with van der Waals surface area (Å²) in [5.41, 5.74) is 0.740. The maximum absolute atomic E-state index is 11.7. The fourth-order valence-electron chi connectivity index (χ4n) is 1.35. The maximum atomic E-state index is 11.7. The predicted molar refractivity (Wildman–Crippen MR) is 64.0 cm³/mol. The van der Waals surface area contributed by atoms with Crippen molar-refractivity contribution in [3.63, 3.8) is 0 Å². The minimum absolute atomic E-state index is 0.0107. The number of rotatable bonds is 6. The van der Waals surface area contributed by atoms with Gasteiger partial charge in [0.2, 0.25) is 0 Å². The molecule has 0 aliphatic heterocycles. The molecule has 0 aromatic carbocycles. The Balaban J connectivity index is 2.33. The second-order valence-electron chi connectivity index (χ2n) is 3.42. The van der Waals surface area contributed by atoms with Gasteiger partial charge in [-0.05, 0) is 19.9 Å². The van der Waals surface area contributed by atoms with Gasteiger partial charge in [0.15, 0.2) is 0 Å². The fourth-order valence-corrected chi connectivity index (χ4v) is 2.28. The molecular weight excluding hydrogens is 226 g/mol. The zero-order chi connectivity index (χ0) is 12.0. The molecular formula is C11H17NO3S. The monoisotopic (exact) mass is 243 g/mol. The summed E-state index contributed by atoms with van der Waals surface area (Å²) < 4.78 is 5.04. The van der Waals surface area contributed by atoms with E-state index in [4.69, 9.17) is 9.84 Å². The first-order valence-electron chi connectivity index (χ1n) is 5.19. The predicted octanol–water partition coefficient (Wildman–Crippen LogP) is 1.10. The Kier molecular flexibility index (Phi) is 5.45. The lowest BCUT2D eigenvalue weighted by atomic mass is 10.2. The van der Waals surface area contributed by atoms with Gasteiger partial charge in [-0.2, -0.15) is 0 Å². The normalized spacial score (nSPS) is 10.4. The van der Waals surface area contributed by atoms with E-state index in [0.29, 0.717) is 19.8 Å². The maximum Gasteiger partial charge on any atom is 0.252 e. The molecule has 0 fully saturated rings. The zero-order valence-electron chi connectivity index (χ0n) is 9.58. The number of hydrogen-bond acceptors (Lipinski definition) is 4. The van der Waals surface area contributed by atoms with E-state index >= 15 is 0 Å². The quantitative estimate of drug-likeness (QED) is 0.736. The topological polar surface area (TPSA) is 58.6 Å². The Bertz CT molecular complexity index is 349. The summed E-state index contributed by atoms with van der Waals surface area (Å²) in [6, 6.07) is 1.89. The van der Waals surface area contributed by atoms with Crippen molar-refractivity contribution in [2.45, 2.75) is 13.8 Å². The second kappa shape index (κ2) is 6.62. The standard InChI is InChI=1S/C11H17NO3S/c1-8-7-10(9(2)16-8)11(14)12-3-5-15-6-4-13/h7,13H,3-6H2,1-2H3,(H,12,14). The van der Waals surface area contributed by atoms with Crippen LogP contribution in [0.5, 0.6) is 0 Å². The summed E-state index contributed by atoms with van der Waals surface area (Å²) in [6.07, 6.45) is 0. The number of ether oxygens (including phenoxy) is 1. The van der Waals surface area contributed by atoms with Crippen molar-refractivity contribution in [3.05, 3.63) is 21.4 Å². The molecule has 1 amide bonds. The number of aliphatic hydroxyl groups is 1. The molecule has 0 aliphatic carbocycles. The molecule has 1 aromatic rings. The molecule has 1 rings (SSSR count). The third-order valence-corrected chi connectivity index (χ3v) is 3.02. The van der Waals surface area contributed by atoms with Crippen LogP contribution in [0, 0.1) is 13.8 Å². The third kappa shape index (κ3) is 3.92. The molecule has 0 radical (unpaired) electrons. The van der Waals surface area contributed by atoms with E-state index in [1.54, 1.807) is 11.3 Å². The van der Waals surface area contributed by atoms with Gasteiger partial charge in [-0.25, -0.2) is 0 Å². The lowest BCUT2D eigenvalue weighted by Gasteiger charge is -2.05. The van der Waals surface area contributed by atoms with Crippen LogP contribution in [0.2, 0.25) is 0 Å². The van der Waals surface area contributed by atoms with Gasteiger partial charge in [0, 0.05) is 16.3 Å². The van der Waals surface area contributed by atoms with Crippen LogP contribution in [0.3, 0.4) is 0 Å². The van der Waals surface area contributed by atoms with Gasteiger partial charge in [0.25, 0.3) is 5.91 Å². The summed E-state index contributed by atoms with van der Waals surface area (Å²) in [4.78, 5) is 13.9. The van der Waals surface area contributed by atoms with Gasteiger partial charge in [-0.1, -0.05) is 0 Å². The molecule has 4 nitrogen and oxygen atoms in total. The first-order chi connectivity index (χ1) is 7.65. The van der Waals surface area contributed by atoms with Crippen molar-refractivity contribution in [2.24, 2.45) is 0 Å². The number of aryl methyl sites for hydroxylation is 2. The molecule has 90 valence electrons. The zero-order valence-corrected chi connectivity index (χ0v) is 10.4. The summed E-state index contributed by atoms with van der Waals surface area (Å²) in [5, 5.41) is 11.3. The van der Waals surface area contributed by atoms with E-state index in [0.717, 1.165) is 15.3 Å². The number of aliphatic hydroxyl groups excluding tert-OH is 1. The molecule has 5 heteroatoms. The molecule has 1 aromatic heterocycles. The van der Waals surface area contributed by atoms with E-state index < -0.39 is 0 Å². The Morgan fingerprint density at radius 2 is 2.25 bits per heavy atom. The van der Waals surface area contributed by atoms with E-state index in [2.05, 4.69) is 5.32 Å². The molecule has 2 N–H and O–H groups in total.